The van der Waals surface area contributed by atoms with Gasteiger partial charge < -0.3 is 10.2 Å². The third-order valence-corrected chi connectivity index (χ3v) is 6.46. The Bertz CT molecular complexity index is 325. The lowest BCUT2D eigenvalue weighted by atomic mass is 9.74. The fraction of sp³-hybridized carbons (Fsp3) is 1.00. The smallest absolute Gasteiger partial charge is 0.0908 e. The monoisotopic (exact) mass is 238 g/mol. The summed E-state index contributed by atoms with van der Waals surface area (Å²) in [6.45, 7) is 7.10. The highest BCUT2D eigenvalue weighted by atomic mass is 16.3. The summed E-state index contributed by atoms with van der Waals surface area (Å²) in [5, 5.41) is 20.3. The van der Waals surface area contributed by atoms with E-state index >= 15 is 0 Å². The van der Waals surface area contributed by atoms with Crippen molar-refractivity contribution in [1.82, 2.24) is 0 Å². The second-order valence-electron chi connectivity index (χ2n) is 7.49. The van der Waals surface area contributed by atoms with E-state index in [4.69, 9.17) is 0 Å². The van der Waals surface area contributed by atoms with Crippen molar-refractivity contribution in [3.63, 3.8) is 0 Å². The summed E-state index contributed by atoms with van der Waals surface area (Å²) < 4.78 is 0. The summed E-state index contributed by atoms with van der Waals surface area (Å²) in [5.74, 6) is 3.31. The molecule has 2 unspecified atom stereocenters. The molecule has 0 aromatic carbocycles. The van der Waals surface area contributed by atoms with E-state index in [1.165, 1.54) is 6.42 Å². The summed E-state index contributed by atoms with van der Waals surface area (Å²) in [6, 6.07) is 0. The summed E-state index contributed by atoms with van der Waals surface area (Å²) in [6.07, 6.45) is 4.26. The molecule has 3 fully saturated rings. The van der Waals surface area contributed by atoms with E-state index in [2.05, 4.69) is 20.8 Å². The molecule has 6 atom stereocenters. The summed E-state index contributed by atoms with van der Waals surface area (Å²) >= 11 is 0. The molecule has 2 N–H and O–H groups in total. The van der Waals surface area contributed by atoms with Gasteiger partial charge in [-0.15, -0.1) is 0 Å². The van der Waals surface area contributed by atoms with Crippen LogP contribution in [0.3, 0.4) is 0 Å². The van der Waals surface area contributed by atoms with Gasteiger partial charge in [0.2, 0.25) is 0 Å². The molecule has 0 amide bonds. The van der Waals surface area contributed by atoms with E-state index in [1.54, 1.807) is 0 Å². The molecule has 0 saturated heterocycles. The Morgan fingerprint density at radius 1 is 1.12 bits per heavy atom. The van der Waals surface area contributed by atoms with Gasteiger partial charge in [0, 0.05) is 0 Å². The minimum atomic E-state index is -0.779. The van der Waals surface area contributed by atoms with Crippen LogP contribution in [0.2, 0.25) is 0 Å². The van der Waals surface area contributed by atoms with E-state index in [9.17, 15) is 10.2 Å². The molecule has 0 aliphatic heterocycles. The van der Waals surface area contributed by atoms with Gasteiger partial charge in [0.15, 0.2) is 0 Å². The number of hydrogen-bond donors (Lipinski definition) is 2. The Hall–Kier alpha value is -0.0800. The zero-order chi connectivity index (χ0) is 12.4. The molecule has 2 heteroatoms. The first-order chi connectivity index (χ1) is 7.92. The van der Waals surface area contributed by atoms with Crippen LogP contribution >= 0.6 is 0 Å². The van der Waals surface area contributed by atoms with Gasteiger partial charge in [-0.3, -0.25) is 0 Å². The van der Waals surface area contributed by atoms with Gasteiger partial charge in [-0.1, -0.05) is 27.2 Å². The van der Waals surface area contributed by atoms with Crippen LogP contribution in [0.25, 0.3) is 0 Å². The number of aliphatic hydroxyl groups excluding tert-OH is 1. The number of aliphatic hydroxyl groups is 2. The maximum Gasteiger partial charge on any atom is 0.0908 e. The molecule has 3 aliphatic carbocycles. The second kappa shape index (κ2) is 3.48. The summed E-state index contributed by atoms with van der Waals surface area (Å²) in [7, 11) is 0. The van der Waals surface area contributed by atoms with E-state index in [0.29, 0.717) is 17.3 Å². The molecule has 98 valence electrons. The van der Waals surface area contributed by atoms with Crippen molar-refractivity contribution in [2.75, 3.05) is 6.61 Å². The van der Waals surface area contributed by atoms with Crippen molar-refractivity contribution < 1.29 is 10.2 Å². The third kappa shape index (κ3) is 1.46. The zero-order valence-corrected chi connectivity index (χ0v) is 11.3. The Labute approximate surface area is 104 Å². The minimum Gasteiger partial charge on any atom is -0.393 e. The Morgan fingerprint density at radius 3 is 2.47 bits per heavy atom. The lowest BCUT2D eigenvalue weighted by Gasteiger charge is -2.37. The standard InChI is InChI=1S/C15H26O2/c1-9-4-5-10-12(9)13-11(14(13,2)3)6-7-15(10,17)8-16/h9-13,16-17H,4-8H2,1-3H3/t9-,10?,11-,12?,13-,15-/m1/s1. The van der Waals surface area contributed by atoms with Crippen molar-refractivity contribution in [2.45, 2.75) is 52.1 Å². The van der Waals surface area contributed by atoms with Crippen LogP contribution in [0.4, 0.5) is 0 Å². The van der Waals surface area contributed by atoms with Crippen LogP contribution in [-0.4, -0.2) is 22.4 Å². The molecule has 0 spiro atoms. The van der Waals surface area contributed by atoms with E-state index in [-0.39, 0.29) is 6.61 Å². The zero-order valence-electron chi connectivity index (χ0n) is 11.3. The highest BCUT2D eigenvalue weighted by Crippen LogP contribution is 2.71. The van der Waals surface area contributed by atoms with Crippen molar-refractivity contribution in [3.05, 3.63) is 0 Å². The highest BCUT2D eigenvalue weighted by Gasteiger charge is 2.67. The quantitative estimate of drug-likeness (QED) is 0.736. The van der Waals surface area contributed by atoms with Gasteiger partial charge >= 0.3 is 0 Å². The lowest BCUT2D eigenvalue weighted by molar-refractivity contribution is -0.0830. The van der Waals surface area contributed by atoms with Crippen LogP contribution in [-0.2, 0) is 0 Å². The molecule has 0 bridgehead atoms. The van der Waals surface area contributed by atoms with Gasteiger partial charge in [-0.2, -0.15) is 0 Å². The first-order valence-electron chi connectivity index (χ1n) is 7.25. The van der Waals surface area contributed by atoms with E-state index in [0.717, 1.165) is 37.0 Å². The van der Waals surface area contributed by atoms with Crippen molar-refractivity contribution in [2.24, 2.45) is 35.0 Å². The number of fused-ring (bicyclic) bond motifs is 3. The van der Waals surface area contributed by atoms with Crippen molar-refractivity contribution in [1.29, 1.82) is 0 Å². The average Bonchev–Trinajstić information content (AvgIpc) is 2.65. The minimum absolute atomic E-state index is 0.0409. The first-order valence-corrected chi connectivity index (χ1v) is 7.25. The maximum absolute atomic E-state index is 10.7. The van der Waals surface area contributed by atoms with Gasteiger partial charge in [-0.05, 0) is 54.3 Å². The topological polar surface area (TPSA) is 40.5 Å². The molecule has 3 aliphatic rings. The summed E-state index contributed by atoms with van der Waals surface area (Å²) in [4.78, 5) is 0. The van der Waals surface area contributed by atoms with Crippen LogP contribution in [0.5, 0.6) is 0 Å². The SMILES string of the molecule is C[C@@H]1CCC2C1[C@H]1[C@@H](CC[C@@]2(O)CO)C1(C)C. The van der Waals surface area contributed by atoms with Gasteiger partial charge in [0.25, 0.3) is 0 Å². The highest BCUT2D eigenvalue weighted by molar-refractivity contribution is 5.15. The number of rotatable bonds is 1. The van der Waals surface area contributed by atoms with Crippen LogP contribution < -0.4 is 0 Å². The van der Waals surface area contributed by atoms with Gasteiger partial charge in [0.05, 0.1) is 12.2 Å². The largest absolute Gasteiger partial charge is 0.393 e. The Balaban J connectivity index is 1.94. The normalized spacial score (nSPS) is 55.9. The van der Waals surface area contributed by atoms with Gasteiger partial charge in [0.1, 0.15) is 0 Å². The van der Waals surface area contributed by atoms with Crippen LogP contribution in [0, 0.1) is 35.0 Å². The van der Waals surface area contributed by atoms with Gasteiger partial charge in [-0.25, -0.2) is 0 Å². The molecule has 0 aromatic rings. The molecule has 3 rings (SSSR count). The molecule has 17 heavy (non-hydrogen) atoms. The van der Waals surface area contributed by atoms with Crippen molar-refractivity contribution >= 4 is 0 Å². The maximum atomic E-state index is 10.7. The molecular formula is C15H26O2. The fourth-order valence-electron chi connectivity index (χ4n) is 5.34. The molecule has 0 radical (unpaired) electrons. The lowest BCUT2D eigenvalue weighted by Crippen LogP contribution is -2.44. The molecule has 3 saturated carbocycles. The second-order valence-corrected chi connectivity index (χ2v) is 7.49. The molecule has 0 aromatic heterocycles. The van der Waals surface area contributed by atoms with Crippen LogP contribution in [0.15, 0.2) is 0 Å². The third-order valence-electron chi connectivity index (χ3n) is 6.46. The molecule has 2 nitrogen and oxygen atoms in total. The number of hydrogen-bond acceptors (Lipinski definition) is 2. The van der Waals surface area contributed by atoms with Crippen molar-refractivity contribution in [3.8, 4) is 0 Å². The fourth-order valence-corrected chi connectivity index (χ4v) is 5.34. The van der Waals surface area contributed by atoms with E-state index in [1.807, 2.05) is 0 Å². The predicted octanol–water partition coefficient (Wildman–Crippen LogP) is 2.44. The predicted molar refractivity (Wildman–Crippen MR) is 67.4 cm³/mol. The Morgan fingerprint density at radius 2 is 1.82 bits per heavy atom. The Kier molecular flexibility index (Phi) is 2.45. The average molecular weight is 238 g/mol. The van der Waals surface area contributed by atoms with Crippen LogP contribution in [0.1, 0.15) is 46.5 Å². The summed E-state index contributed by atoms with van der Waals surface area (Å²) in [5.41, 5.74) is -0.294. The van der Waals surface area contributed by atoms with E-state index < -0.39 is 5.60 Å². The molecular weight excluding hydrogens is 212 g/mol. The first kappa shape index (κ1) is 12.0. The molecule has 0 heterocycles.